The van der Waals surface area contributed by atoms with Gasteiger partial charge in [-0.25, -0.2) is 0 Å². The van der Waals surface area contributed by atoms with Crippen LogP contribution in [0.5, 0.6) is 0 Å². The summed E-state index contributed by atoms with van der Waals surface area (Å²) in [5.41, 5.74) is 10.6. The fourth-order valence-electron chi connectivity index (χ4n) is 2.44. The molecule has 0 aliphatic carbocycles. The molecule has 0 saturated carbocycles. The Balaban J connectivity index is 2.80. The first-order valence-corrected chi connectivity index (χ1v) is 9.70. The first-order valence-electron chi connectivity index (χ1n) is 6.00. The van der Waals surface area contributed by atoms with Crippen molar-refractivity contribution >= 4 is 63.1 Å². The molecule has 8 nitrogen and oxygen atoms in total. The maximum absolute atomic E-state index is 11.8. The fraction of sp³-hybridized carbons (Fsp3) is 0. The molecule has 0 bridgehead atoms. The van der Waals surface area contributed by atoms with Gasteiger partial charge in [-0.15, -0.1) is 11.3 Å². The molecule has 11 heteroatoms. The molecule has 0 spiro atoms. The first kappa shape index (κ1) is 16.0. The summed E-state index contributed by atoms with van der Waals surface area (Å²) in [6.07, 6.45) is 0. The number of fused-ring (bicyclic) bond motifs is 3. The van der Waals surface area contributed by atoms with Crippen molar-refractivity contribution in [3.8, 4) is 0 Å². The first-order chi connectivity index (χ1) is 10.5. The number of rotatable bonds is 2. The van der Waals surface area contributed by atoms with E-state index in [1.54, 1.807) is 24.3 Å². The summed E-state index contributed by atoms with van der Waals surface area (Å²) in [4.78, 5) is -2.09. The standard InChI is InChI=1S/C12H10N2O6S3/c13-8-9(14)12(23(18,19)20)11(22(15,16)17)7-5-3-1-2-4-6(5)21-10(7)8/h1-4H,13-14H2,(H,15,16,17)(H,18,19,20). The van der Waals surface area contributed by atoms with Gasteiger partial charge < -0.3 is 11.5 Å². The van der Waals surface area contributed by atoms with Gasteiger partial charge >= 0.3 is 0 Å². The lowest BCUT2D eigenvalue weighted by Crippen LogP contribution is -2.13. The topological polar surface area (TPSA) is 161 Å². The number of benzene rings is 2. The number of thiophene rings is 1. The zero-order valence-corrected chi connectivity index (χ0v) is 13.7. The number of hydrogen-bond acceptors (Lipinski definition) is 7. The highest BCUT2D eigenvalue weighted by Crippen LogP contribution is 2.46. The molecule has 1 aromatic heterocycles. The summed E-state index contributed by atoms with van der Waals surface area (Å²) in [6.45, 7) is 0. The van der Waals surface area contributed by atoms with E-state index in [1.807, 2.05) is 0 Å². The van der Waals surface area contributed by atoms with Gasteiger partial charge in [-0.2, -0.15) is 16.8 Å². The molecule has 0 radical (unpaired) electrons. The third-order valence-corrected chi connectivity index (χ3v) is 6.52. The fourth-order valence-corrected chi connectivity index (χ4v) is 5.86. The van der Waals surface area contributed by atoms with Crippen LogP contribution in [0.25, 0.3) is 20.2 Å². The lowest BCUT2D eigenvalue weighted by atomic mass is 10.1. The van der Waals surface area contributed by atoms with E-state index in [-0.39, 0.29) is 15.8 Å². The van der Waals surface area contributed by atoms with Crippen molar-refractivity contribution in [1.82, 2.24) is 0 Å². The van der Waals surface area contributed by atoms with Gasteiger partial charge in [0.2, 0.25) is 0 Å². The Kier molecular flexibility index (Phi) is 3.32. The Labute approximate surface area is 134 Å². The predicted octanol–water partition coefficient (Wildman–Crippen LogP) is 1.71. The van der Waals surface area contributed by atoms with Crippen molar-refractivity contribution < 1.29 is 25.9 Å². The maximum atomic E-state index is 11.8. The third kappa shape index (κ3) is 2.33. The van der Waals surface area contributed by atoms with E-state index < -0.39 is 35.7 Å². The smallest absolute Gasteiger partial charge is 0.298 e. The Morgan fingerprint density at radius 1 is 0.870 bits per heavy atom. The zero-order chi connectivity index (χ0) is 17.2. The van der Waals surface area contributed by atoms with Crippen molar-refractivity contribution in [3.05, 3.63) is 24.3 Å². The zero-order valence-electron chi connectivity index (χ0n) is 11.2. The van der Waals surface area contributed by atoms with Crippen LogP contribution in [-0.4, -0.2) is 25.9 Å². The van der Waals surface area contributed by atoms with Gasteiger partial charge in [0.25, 0.3) is 20.2 Å². The van der Waals surface area contributed by atoms with E-state index in [1.165, 1.54) is 0 Å². The van der Waals surface area contributed by atoms with Gasteiger partial charge in [-0.1, -0.05) is 18.2 Å². The van der Waals surface area contributed by atoms with Crippen LogP contribution in [0.1, 0.15) is 0 Å². The molecule has 122 valence electrons. The molecule has 1 heterocycles. The Morgan fingerprint density at radius 2 is 1.43 bits per heavy atom. The summed E-state index contributed by atoms with van der Waals surface area (Å²) in [7, 11) is -10.1. The van der Waals surface area contributed by atoms with Crippen LogP contribution >= 0.6 is 11.3 Å². The monoisotopic (exact) mass is 374 g/mol. The van der Waals surface area contributed by atoms with Crippen LogP contribution in [0.2, 0.25) is 0 Å². The maximum Gasteiger partial charge on any atom is 0.298 e. The highest BCUT2D eigenvalue weighted by molar-refractivity contribution is 7.89. The van der Waals surface area contributed by atoms with E-state index in [0.717, 1.165) is 11.3 Å². The molecule has 0 saturated heterocycles. The van der Waals surface area contributed by atoms with Crippen LogP contribution < -0.4 is 11.5 Å². The van der Waals surface area contributed by atoms with Crippen molar-refractivity contribution in [3.63, 3.8) is 0 Å². The number of anilines is 2. The van der Waals surface area contributed by atoms with Gasteiger partial charge in [-0.05, 0) is 6.07 Å². The summed E-state index contributed by atoms with van der Waals surface area (Å²) in [5.74, 6) is 0. The summed E-state index contributed by atoms with van der Waals surface area (Å²) >= 11 is 1.10. The van der Waals surface area contributed by atoms with Crippen molar-refractivity contribution in [2.24, 2.45) is 0 Å². The Hall–Kier alpha value is -1.92. The average Bonchev–Trinajstić information content (AvgIpc) is 2.79. The van der Waals surface area contributed by atoms with Crippen molar-refractivity contribution in [2.75, 3.05) is 11.5 Å². The molecule has 0 amide bonds. The van der Waals surface area contributed by atoms with Crippen molar-refractivity contribution in [1.29, 1.82) is 0 Å². The van der Waals surface area contributed by atoms with E-state index in [4.69, 9.17) is 11.5 Å². The average molecular weight is 374 g/mol. The molecule has 3 rings (SSSR count). The normalized spacial score (nSPS) is 13.0. The molecule has 0 unspecified atom stereocenters. The highest BCUT2D eigenvalue weighted by Gasteiger charge is 2.33. The summed E-state index contributed by atoms with van der Waals surface area (Å²) in [6, 6.07) is 6.54. The minimum atomic E-state index is -5.05. The molecule has 6 N–H and O–H groups in total. The second kappa shape index (κ2) is 4.79. The van der Waals surface area contributed by atoms with E-state index in [0.29, 0.717) is 10.1 Å². The summed E-state index contributed by atoms with van der Waals surface area (Å²) in [5, 5.41) is 0.282. The third-order valence-electron chi connectivity index (χ3n) is 3.32. The number of hydrogen-bond donors (Lipinski definition) is 4. The molecular weight excluding hydrogens is 364 g/mol. The minimum absolute atomic E-state index is 0.0903. The second-order valence-electron chi connectivity index (χ2n) is 4.74. The molecule has 3 aromatic rings. The SMILES string of the molecule is Nc1c(S(=O)(=O)O)c(S(=O)(=O)O)c2c(sc3ccccc32)c1N. The molecule has 0 aliphatic rings. The van der Waals surface area contributed by atoms with Crippen LogP contribution in [-0.2, 0) is 20.2 Å². The quantitative estimate of drug-likeness (QED) is 0.389. The lowest BCUT2D eigenvalue weighted by Gasteiger charge is -2.12. The highest BCUT2D eigenvalue weighted by atomic mass is 32.2. The molecule has 2 aromatic carbocycles. The van der Waals surface area contributed by atoms with Gasteiger partial charge in [0.15, 0.2) is 0 Å². The number of nitrogens with two attached hydrogens (primary N) is 2. The van der Waals surface area contributed by atoms with Crippen LogP contribution in [0.3, 0.4) is 0 Å². The predicted molar refractivity (Wildman–Crippen MR) is 87.8 cm³/mol. The van der Waals surface area contributed by atoms with Crippen LogP contribution in [0, 0.1) is 0 Å². The molecule has 0 atom stereocenters. The van der Waals surface area contributed by atoms with E-state index >= 15 is 0 Å². The molecular formula is C12H10N2O6S3. The van der Waals surface area contributed by atoms with E-state index in [9.17, 15) is 25.9 Å². The Morgan fingerprint density at radius 3 is 2.00 bits per heavy atom. The lowest BCUT2D eigenvalue weighted by molar-refractivity contribution is 0.468. The van der Waals surface area contributed by atoms with Gasteiger partial charge in [-0.3, -0.25) is 9.11 Å². The van der Waals surface area contributed by atoms with E-state index in [2.05, 4.69) is 0 Å². The Bertz CT molecular complexity index is 1180. The van der Waals surface area contributed by atoms with Gasteiger partial charge in [0.05, 0.1) is 16.1 Å². The van der Waals surface area contributed by atoms with Gasteiger partial charge in [0, 0.05) is 15.5 Å². The van der Waals surface area contributed by atoms with Crippen molar-refractivity contribution in [2.45, 2.75) is 9.79 Å². The molecule has 0 fully saturated rings. The molecule has 23 heavy (non-hydrogen) atoms. The van der Waals surface area contributed by atoms with Crippen LogP contribution in [0.4, 0.5) is 11.4 Å². The number of nitrogen functional groups attached to an aromatic ring is 2. The second-order valence-corrected chi connectivity index (χ2v) is 8.51. The summed E-state index contributed by atoms with van der Waals surface area (Å²) < 4.78 is 66.6. The minimum Gasteiger partial charge on any atom is -0.396 e. The van der Waals surface area contributed by atoms with Gasteiger partial charge in [0.1, 0.15) is 9.79 Å². The van der Waals surface area contributed by atoms with Crippen LogP contribution in [0.15, 0.2) is 34.1 Å². The largest absolute Gasteiger partial charge is 0.396 e. The molecule has 0 aliphatic heterocycles.